The van der Waals surface area contributed by atoms with Crippen LogP contribution in [0.1, 0.15) is 34.1 Å². The third kappa shape index (κ3) is 4.69. The van der Waals surface area contributed by atoms with Crippen molar-refractivity contribution in [1.29, 1.82) is 0 Å². The molecule has 0 aliphatic carbocycles. The Labute approximate surface area is 178 Å². The third-order valence-corrected chi connectivity index (χ3v) is 4.67. The van der Waals surface area contributed by atoms with Crippen LogP contribution in [-0.2, 0) is 17.9 Å². The van der Waals surface area contributed by atoms with E-state index < -0.39 is 5.97 Å². The van der Waals surface area contributed by atoms with Crippen molar-refractivity contribution in [2.24, 2.45) is 0 Å². The van der Waals surface area contributed by atoms with Crippen LogP contribution < -0.4 is 4.74 Å². The van der Waals surface area contributed by atoms with Gasteiger partial charge < -0.3 is 9.47 Å². The van der Waals surface area contributed by atoms with Gasteiger partial charge in [-0.2, -0.15) is 5.10 Å². The summed E-state index contributed by atoms with van der Waals surface area (Å²) in [4.78, 5) is 20.7. The Morgan fingerprint density at radius 3 is 2.68 bits per heavy atom. The smallest absolute Gasteiger partial charge is 0.357 e. The molecule has 0 radical (unpaired) electrons. The van der Waals surface area contributed by atoms with Gasteiger partial charge in [-0.3, -0.25) is 4.68 Å². The molecule has 0 aliphatic heterocycles. The lowest BCUT2D eigenvalue weighted by Gasteiger charge is -2.10. The number of halogens is 1. The van der Waals surface area contributed by atoms with Crippen molar-refractivity contribution in [3.05, 3.63) is 83.2 Å². The van der Waals surface area contributed by atoms with Crippen molar-refractivity contribution in [2.45, 2.75) is 27.0 Å². The molecule has 3 heterocycles. The second-order valence-corrected chi connectivity index (χ2v) is 7.02. The van der Waals surface area contributed by atoms with Crippen molar-refractivity contribution in [3.63, 3.8) is 0 Å². The molecule has 0 aliphatic rings. The molecule has 4 rings (SSSR count). The van der Waals surface area contributed by atoms with E-state index in [0.29, 0.717) is 29.9 Å². The Morgan fingerprint density at radius 1 is 1.13 bits per heavy atom. The van der Waals surface area contributed by atoms with E-state index in [1.54, 1.807) is 48.4 Å². The maximum atomic E-state index is 13.0. The Bertz CT molecular complexity index is 1220. The first-order chi connectivity index (χ1) is 15.0. The van der Waals surface area contributed by atoms with E-state index in [0.717, 1.165) is 16.7 Å². The van der Waals surface area contributed by atoms with Crippen LogP contribution >= 0.6 is 0 Å². The van der Waals surface area contributed by atoms with E-state index in [1.807, 2.05) is 13.0 Å². The molecule has 0 unspecified atom stereocenters. The molecule has 0 saturated carbocycles. The fourth-order valence-electron chi connectivity index (χ4n) is 3.21. The van der Waals surface area contributed by atoms with Gasteiger partial charge in [-0.15, -0.1) is 0 Å². The first kappa shape index (κ1) is 20.5. The number of rotatable bonds is 7. The van der Waals surface area contributed by atoms with Crippen molar-refractivity contribution in [2.75, 3.05) is 6.61 Å². The molecule has 3 aromatic heterocycles. The molecule has 0 amide bonds. The zero-order chi connectivity index (χ0) is 21.8. The number of esters is 1. The zero-order valence-corrected chi connectivity index (χ0v) is 17.2. The topological polar surface area (TPSA) is 79.1 Å². The summed E-state index contributed by atoms with van der Waals surface area (Å²) >= 11 is 0. The molecular weight excluding hydrogens is 399 g/mol. The molecule has 1 aromatic carbocycles. The van der Waals surface area contributed by atoms with E-state index in [2.05, 4.69) is 15.1 Å². The fourth-order valence-corrected chi connectivity index (χ4v) is 3.21. The number of fused-ring (bicyclic) bond motifs is 1. The van der Waals surface area contributed by atoms with Crippen LogP contribution in [0.15, 0.2) is 55.0 Å². The molecule has 4 aromatic rings. The zero-order valence-electron chi connectivity index (χ0n) is 17.2. The van der Waals surface area contributed by atoms with Crippen molar-refractivity contribution in [3.8, 4) is 5.88 Å². The Hall–Kier alpha value is -3.81. The molecule has 8 heteroatoms. The lowest BCUT2D eigenvalue weighted by molar-refractivity contribution is 0.0522. The third-order valence-electron chi connectivity index (χ3n) is 4.67. The highest BCUT2D eigenvalue weighted by Gasteiger charge is 2.15. The molecule has 0 spiro atoms. The SMILES string of the molecule is CCOC(=O)c1nccc2nn(Cc3cnc(OCc4ccc(F)cc4)c(C)c3)cc12. The number of hydrogen-bond acceptors (Lipinski definition) is 6. The average molecular weight is 420 g/mol. The van der Waals surface area contributed by atoms with Gasteiger partial charge >= 0.3 is 5.97 Å². The van der Waals surface area contributed by atoms with Gasteiger partial charge in [0.1, 0.15) is 12.4 Å². The average Bonchev–Trinajstić information content (AvgIpc) is 3.17. The molecule has 0 N–H and O–H groups in total. The van der Waals surface area contributed by atoms with Gasteiger partial charge in [0.2, 0.25) is 5.88 Å². The van der Waals surface area contributed by atoms with Gasteiger partial charge in [0, 0.05) is 24.2 Å². The molecular formula is C23H21FN4O3. The monoisotopic (exact) mass is 420 g/mol. The summed E-state index contributed by atoms with van der Waals surface area (Å²) in [6.07, 6.45) is 5.05. The predicted molar refractivity (Wildman–Crippen MR) is 112 cm³/mol. The van der Waals surface area contributed by atoms with Crippen LogP contribution in [0.5, 0.6) is 5.88 Å². The number of carbonyl (C=O) groups is 1. The number of hydrogen-bond donors (Lipinski definition) is 0. The standard InChI is InChI=1S/C23H21FN4O3/c1-3-30-23(29)21-19-13-28(27-20(19)8-9-25-21)12-17-10-15(2)22(26-11-17)31-14-16-4-6-18(24)7-5-16/h4-11,13H,3,12,14H2,1-2H3. The maximum absolute atomic E-state index is 13.0. The molecule has 0 bridgehead atoms. The first-order valence-electron chi connectivity index (χ1n) is 9.85. The number of aromatic nitrogens is 4. The second kappa shape index (κ2) is 8.91. The van der Waals surface area contributed by atoms with Gasteiger partial charge in [0.05, 0.1) is 24.1 Å². The van der Waals surface area contributed by atoms with E-state index >= 15 is 0 Å². The summed E-state index contributed by atoms with van der Waals surface area (Å²) in [6.45, 7) is 4.74. The highest BCUT2D eigenvalue weighted by atomic mass is 19.1. The summed E-state index contributed by atoms with van der Waals surface area (Å²) in [5.74, 6) is -0.223. The summed E-state index contributed by atoms with van der Waals surface area (Å²) < 4.78 is 25.6. The Morgan fingerprint density at radius 2 is 1.94 bits per heavy atom. The van der Waals surface area contributed by atoms with Crippen LogP contribution in [0, 0.1) is 12.7 Å². The Kier molecular flexibility index (Phi) is 5.88. The number of aryl methyl sites for hydroxylation is 1. The molecule has 158 valence electrons. The molecule has 0 saturated heterocycles. The summed E-state index contributed by atoms with van der Waals surface area (Å²) in [5, 5.41) is 5.17. The first-order valence-corrected chi connectivity index (χ1v) is 9.85. The van der Waals surface area contributed by atoms with Crippen LogP contribution in [0.2, 0.25) is 0 Å². The van der Waals surface area contributed by atoms with E-state index in [4.69, 9.17) is 9.47 Å². The number of pyridine rings is 2. The van der Waals surface area contributed by atoms with E-state index in [-0.39, 0.29) is 18.1 Å². The van der Waals surface area contributed by atoms with Crippen molar-refractivity contribution >= 4 is 16.9 Å². The molecule has 0 fully saturated rings. The minimum Gasteiger partial charge on any atom is -0.473 e. The molecule has 0 atom stereocenters. The van der Waals surface area contributed by atoms with E-state index in [9.17, 15) is 9.18 Å². The molecule has 31 heavy (non-hydrogen) atoms. The summed E-state index contributed by atoms with van der Waals surface area (Å²) in [5.41, 5.74) is 3.60. The largest absolute Gasteiger partial charge is 0.473 e. The number of benzene rings is 1. The summed E-state index contributed by atoms with van der Waals surface area (Å²) in [6, 6.07) is 9.90. The van der Waals surface area contributed by atoms with Gasteiger partial charge in [-0.25, -0.2) is 19.2 Å². The normalized spacial score (nSPS) is 10.9. The van der Waals surface area contributed by atoms with Crippen LogP contribution in [0.4, 0.5) is 4.39 Å². The van der Waals surface area contributed by atoms with Gasteiger partial charge in [0.15, 0.2) is 5.69 Å². The summed E-state index contributed by atoms with van der Waals surface area (Å²) in [7, 11) is 0. The molecule has 7 nitrogen and oxygen atoms in total. The lowest BCUT2D eigenvalue weighted by atomic mass is 10.2. The number of ether oxygens (including phenoxy) is 2. The van der Waals surface area contributed by atoms with Crippen LogP contribution in [-0.4, -0.2) is 32.3 Å². The number of nitrogens with zero attached hydrogens (tertiary/aromatic N) is 4. The van der Waals surface area contributed by atoms with Crippen LogP contribution in [0.3, 0.4) is 0 Å². The van der Waals surface area contributed by atoms with Crippen molar-refractivity contribution in [1.82, 2.24) is 19.7 Å². The minimum atomic E-state index is -0.465. The Balaban J connectivity index is 1.48. The fraction of sp³-hybridized carbons (Fsp3) is 0.217. The minimum absolute atomic E-state index is 0.254. The van der Waals surface area contributed by atoms with Crippen molar-refractivity contribution < 1.29 is 18.7 Å². The number of carbonyl (C=O) groups excluding carboxylic acids is 1. The van der Waals surface area contributed by atoms with Crippen LogP contribution in [0.25, 0.3) is 10.9 Å². The highest BCUT2D eigenvalue weighted by Crippen LogP contribution is 2.20. The lowest BCUT2D eigenvalue weighted by Crippen LogP contribution is -2.07. The second-order valence-electron chi connectivity index (χ2n) is 7.02. The van der Waals surface area contributed by atoms with Gasteiger partial charge in [0.25, 0.3) is 0 Å². The quantitative estimate of drug-likeness (QED) is 0.419. The predicted octanol–water partition coefficient (Wildman–Crippen LogP) is 4.08. The highest BCUT2D eigenvalue weighted by molar-refractivity contribution is 6.01. The van der Waals surface area contributed by atoms with Gasteiger partial charge in [-0.1, -0.05) is 12.1 Å². The maximum Gasteiger partial charge on any atom is 0.357 e. The van der Waals surface area contributed by atoms with Gasteiger partial charge in [-0.05, 0) is 49.2 Å². The van der Waals surface area contributed by atoms with E-state index in [1.165, 1.54) is 12.1 Å².